The van der Waals surface area contributed by atoms with Gasteiger partial charge in [-0.15, -0.1) is 0 Å². The number of nitrogen functional groups attached to an aromatic ring is 1. The number of nitrogens with one attached hydrogen (secondary N) is 1. The van der Waals surface area contributed by atoms with Gasteiger partial charge in [0.05, 0.1) is 22.0 Å². The zero-order chi connectivity index (χ0) is 22.4. The molecule has 0 saturated carbocycles. The quantitative estimate of drug-likeness (QED) is 0.372. The van der Waals surface area contributed by atoms with Gasteiger partial charge in [-0.3, -0.25) is 4.79 Å². The first-order valence-electron chi connectivity index (χ1n) is 7.28. The molecule has 0 aromatic heterocycles. The van der Waals surface area contributed by atoms with E-state index in [1.165, 1.54) is 6.07 Å². The second kappa shape index (κ2) is 7.63. The molecule has 0 aliphatic heterocycles. The molecule has 3 nitrogen and oxygen atoms in total. The van der Waals surface area contributed by atoms with Crippen LogP contribution < -0.4 is 11.1 Å². The maximum Gasteiger partial charge on any atom is 0.435 e. The predicted molar refractivity (Wildman–Crippen MR) is 92.8 cm³/mol. The molecule has 0 unspecified atom stereocenters. The Balaban J connectivity index is 2.52. The van der Waals surface area contributed by atoms with Gasteiger partial charge in [-0.25, -0.2) is 8.78 Å². The maximum absolute atomic E-state index is 14.2. The molecule has 29 heavy (non-hydrogen) atoms. The van der Waals surface area contributed by atoms with E-state index in [9.17, 15) is 39.9 Å². The van der Waals surface area contributed by atoms with E-state index >= 15 is 0 Å². The zero-order valence-electron chi connectivity index (χ0n) is 13.7. The molecular formula is C16H8BrClF8N2O. The van der Waals surface area contributed by atoms with Crippen LogP contribution in [-0.4, -0.2) is 18.3 Å². The Kier molecular flexibility index (Phi) is 6.11. The number of anilines is 2. The van der Waals surface area contributed by atoms with Crippen LogP contribution in [-0.2, 0) is 5.67 Å². The SMILES string of the molecule is Nc1cccc(C(=O)Nc2c(Cl)cc(C(F)(C(F)(F)F)C(F)(F)F)cc2Br)c1F. The normalized spacial score (nSPS) is 12.8. The highest BCUT2D eigenvalue weighted by molar-refractivity contribution is 9.10. The van der Waals surface area contributed by atoms with E-state index in [4.69, 9.17) is 17.3 Å². The minimum Gasteiger partial charge on any atom is -0.396 e. The average Bonchev–Trinajstić information content (AvgIpc) is 2.57. The van der Waals surface area contributed by atoms with Crippen molar-refractivity contribution in [3.05, 3.63) is 56.8 Å². The van der Waals surface area contributed by atoms with Gasteiger partial charge in [-0.2, -0.15) is 26.3 Å². The number of halogens is 10. The summed E-state index contributed by atoms with van der Waals surface area (Å²) >= 11 is 8.32. The maximum atomic E-state index is 14.2. The van der Waals surface area contributed by atoms with Crippen molar-refractivity contribution >= 4 is 44.8 Å². The lowest BCUT2D eigenvalue weighted by atomic mass is 9.94. The van der Waals surface area contributed by atoms with Crippen molar-refractivity contribution in [2.45, 2.75) is 18.0 Å². The van der Waals surface area contributed by atoms with Crippen LogP contribution in [0.4, 0.5) is 46.5 Å². The van der Waals surface area contributed by atoms with Crippen LogP contribution in [0.1, 0.15) is 15.9 Å². The van der Waals surface area contributed by atoms with Crippen LogP contribution in [0.2, 0.25) is 5.02 Å². The van der Waals surface area contributed by atoms with Gasteiger partial charge in [0.15, 0.2) is 5.82 Å². The van der Waals surface area contributed by atoms with Crippen LogP contribution in [0.15, 0.2) is 34.8 Å². The lowest BCUT2D eigenvalue weighted by Crippen LogP contribution is -2.50. The summed E-state index contributed by atoms with van der Waals surface area (Å²) in [4.78, 5) is 12.2. The third kappa shape index (κ3) is 4.13. The van der Waals surface area contributed by atoms with Gasteiger partial charge < -0.3 is 11.1 Å². The third-order valence-electron chi connectivity index (χ3n) is 3.73. The Bertz CT molecular complexity index is 924. The van der Waals surface area contributed by atoms with Gasteiger partial charge >= 0.3 is 18.0 Å². The highest BCUT2D eigenvalue weighted by Gasteiger charge is 2.73. The van der Waals surface area contributed by atoms with E-state index in [-0.39, 0.29) is 17.8 Å². The lowest BCUT2D eigenvalue weighted by Gasteiger charge is -2.30. The molecule has 0 aliphatic rings. The Morgan fingerprint density at radius 2 is 1.59 bits per heavy atom. The summed E-state index contributed by atoms with van der Waals surface area (Å²) in [6, 6.07) is 3.64. The van der Waals surface area contributed by atoms with E-state index in [0.29, 0.717) is 0 Å². The molecule has 0 bridgehead atoms. The molecule has 0 saturated heterocycles. The predicted octanol–water partition coefficient (Wildman–Crippen LogP) is 6.37. The number of alkyl halides is 7. The first-order valence-corrected chi connectivity index (χ1v) is 8.45. The van der Waals surface area contributed by atoms with Gasteiger partial charge in [0.2, 0.25) is 0 Å². The van der Waals surface area contributed by atoms with E-state index in [2.05, 4.69) is 15.9 Å². The molecule has 0 spiro atoms. The number of nitrogens with two attached hydrogens (primary N) is 1. The van der Waals surface area contributed by atoms with Crippen molar-refractivity contribution in [2.24, 2.45) is 0 Å². The summed E-state index contributed by atoms with van der Waals surface area (Å²) < 4.78 is 105. The molecule has 0 fully saturated rings. The van der Waals surface area contributed by atoms with Crippen LogP contribution in [0, 0.1) is 5.82 Å². The number of hydrogen-bond donors (Lipinski definition) is 2. The molecule has 1 amide bonds. The molecule has 3 N–H and O–H groups in total. The highest BCUT2D eigenvalue weighted by atomic mass is 79.9. The molecule has 2 aromatic carbocycles. The number of carbonyl (C=O) groups excluding carboxylic acids is 1. The van der Waals surface area contributed by atoms with Crippen molar-refractivity contribution in [1.82, 2.24) is 0 Å². The molecule has 0 heterocycles. The lowest BCUT2D eigenvalue weighted by molar-refractivity contribution is -0.348. The fourth-order valence-electron chi connectivity index (χ4n) is 2.29. The summed E-state index contributed by atoms with van der Waals surface area (Å²) in [7, 11) is 0. The first kappa shape index (κ1) is 23.2. The van der Waals surface area contributed by atoms with E-state index < -0.39 is 56.1 Å². The smallest absolute Gasteiger partial charge is 0.396 e. The largest absolute Gasteiger partial charge is 0.435 e. The summed E-state index contributed by atoms with van der Waals surface area (Å²) in [6.45, 7) is 0. The molecule has 0 aliphatic carbocycles. The topological polar surface area (TPSA) is 55.1 Å². The average molecular weight is 512 g/mol. The van der Waals surface area contributed by atoms with Crippen LogP contribution in [0.25, 0.3) is 0 Å². The second-order valence-corrected chi connectivity index (χ2v) is 6.89. The second-order valence-electron chi connectivity index (χ2n) is 5.63. The van der Waals surface area contributed by atoms with E-state index in [0.717, 1.165) is 12.1 Å². The number of rotatable bonds is 3. The summed E-state index contributed by atoms with van der Waals surface area (Å²) in [6.07, 6.45) is -12.7. The van der Waals surface area contributed by atoms with Crippen LogP contribution in [0.5, 0.6) is 0 Å². The van der Waals surface area contributed by atoms with Crippen molar-refractivity contribution in [1.29, 1.82) is 0 Å². The van der Waals surface area contributed by atoms with Gasteiger partial charge in [-0.05, 0) is 40.2 Å². The number of hydrogen-bond acceptors (Lipinski definition) is 2. The Labute approximate surface area is 170 Å². The summed E-state index contributed by atoms with van der Waals surface area (Å²) in [5.41, 5.74) is -3.71. The van der Waals surface area contributed by atoms with Crippen LogP contribution >= 0.6 is 27.5 Å². The van der Waals surface area contributed by atoms with Gasteiger partial charge in [0.25, 0.3) is 5.91 Å². The van der Waals surface area contributed by atoms with Crippen LogP contribution in [0.3, 0.4) is 0 Å². The standard InChI is InChI=1S/C16H8BrClF8N2O/c17-8-4-6(14(20,15(21,22)23)16(24,25)26)5-9(18)12(8)28-13(29)7-2-1-3-10(27)11(7)19/h1-5H,27H2,(H,28,29). The molecule has 0 radical (unpaired) electrons. The van der Waals surface area contributed by atoms with Crippen molar-refractivity contribution in [2.75, 3.05) is 11.1 Å². The monoisotopic (exact) mass is 510 g/mol. The first-order chi connectivity index (χ1) is 13.1. The van der Waals surface area contributed by atoms with E-state index in [1.54, 1.807) is 0 Å². The number of carbonyl (C=O) groups is 1. The Morgan fingerprint density at radius 3 is 2.07 bits per heavy atom. The fourth-order valence-corrected chi connectivity index (χ4v) is 3.23. The summed E-state index contributed by atoms with van der Waals surface area (Å²) in [5, 5.41) is 1.16. The number of amides is 1. The number of benzene rings is 2. The molecule has 2 rings (SSSR count). The minimum atomic E-state index is -6.34. The molecule has 2 aromatic rings. The zero-order valence-corrected chi connectivity index (χ0v) is 16.0. The molecule has 0 atom stereocenters. The van der Waals surface area contributed by atoms with Crippen molar-refractivity contribution < 1.29 is 39.9 Å². The Morgan fingerprint density at radius 1 is 1.03 bits per heavy atom. The third-order valence-corrected chi connectivity index (χ3v) is 4.66. The summed E-state index contributed by atoms with van der Waals surface area (Å²) in [5.74, 6) is -2.26. The Hall–Kier alpha value is -2.08. The molecule has 13 heteroatoms. The molecule has 158 valence electrons. The van der Waals surface area contributed by atoms with Crippen molar-refractivity contribution in [3.8, 4) is 0 Å². The van der Waals surface area contributed by atoms with Gasteiger partial charge in [0, 0.05) is 10.0 Å². The molecular weight excluding hydrogens is 504 g/mol. The van der Waals surface area contributed by atoms with E-state index in [1.807, 2.05) is 5.32 Å². The fraction of sp³-hybridized carbons (Fsp3) is 0.188. The highest BCUT2D eigenvalue weighted by Crippen LogP contribution is 2.54. The minimum absolute atomic E-state index is 0.0681. The van der Waals surface area contributed by atoms with Gasteiger partial charge in [0.1, 0.15) is 0 Å². The van der Waals surface area contributed by atoms with Gasteiger partial charge in [-0.1, -0.05) is 17.7 Å². The van der Waals surface area contributed by atoms with Crippen molar-refractivity contribution in [3.63, 3.8) is 0 Å².